The third kappa shape index (κ3) is 2.86. The minimum absolute atomic E-state index is 0.00563. The predicted octanol–water partition coefficient (Wildman–Crippen LogP) is 1.19. The molecule has 0 saturated heterocycles. The molecule has 7 nitrogen and oxygen atoms in total. The Kier molecular flexibility index (Phi) is 4.21. The van der Waals surface area contributed by atoms with Gasteiger partial charge in [0.1, 0.15) is 5.54 Å². The Morgan fingerprint density at radius 1 is 1.43 bits per heavy atom. The summed E-state index contributed by atoms with van der Waals surface area (Å²) >= 11 is 0. The SMILES string of the molecule is COc1ccc(C(=O)NC2(C(N)=NO)CCCC2)cc1O. The molecule has 0 spiro atoms. The largest absolute Gasteiger partial charge is 0.504 e. The van der Waals surface area contributed by atoms with Gasteiger partial charge in [0.25, 0.3) is 5.91 Å². The van der Waals surface area contributed by atoms with Crippen molar-refractivity contribution >= 4 is 11.7 Å². The Bertz CT molecular complexity index is 565. The number of methoxy groups -OCH3 is 1. The van der Waals surface area contributed by atoms with Crippen LogP contribution >= 0.6 is 0 Å². The number of carbonyl (C=O) groups is 1. The van der Waals surface area contributed by atoms with Crippen LogP contribution in [-0.2, 0) is 0 Å². The molecule has 0 aliphatic heterocycles. The fraction of sp³-hybridized carbons (Fsp3) is 0.429. The van der Waals surface area contributed by atoms with E-state index in [0.717, 1.165) is 12.8 Å². The predicted molar refractivity (Wildman–Crippen MR) is 76.7 cm³/mol. The zero-order valence-electron chi connectivity index (χ0n) is 11.8. The number of phenolic OH excluding ortho intramolecular Hbond substituents is 1. The number of ether oxygens (including phenoxy) is 1. The molecule has 1 aliphatic rings. The normalized spacial score (nSPS) is 17.5. The van der Waals surface area contributed by atoms with E-state index in [1.165, 1.54) is 19.2 Å². The molecule has 2 rings (SSSR count). The third-order valence-electron chi connectivity index (χ3n) is 3.85. The third-order valence-corrected chi connectivity index (χ3v) is 3.85. The number of aromatic hydroxyl groups is 1. The van der Waals surface area contributed by atoms with E-state index in [1.807, 2.05) is 0 Å². The van der Waals surface area contributed by atoms with Gasteiger partial charge in [-0.1, -0.05) is 18.0 Å². The van der Waals surface area contributed by atoms with E-state index in [9.17, 15) is 9.90 Å². The van der Waals surface area contributed by atoms with Gasteiger partial charge in [0.05, 0.1) is 7.11 Å². The van der Waals surface area contributed by atoms with Gasteiger partial charge in [-0.25, -0.2) is 0 Å². The number of amides is 1. The van der Waals surface area contributed by atoms with Crippen molar-refractivity contribution in [2.75, 3.05) is 7.11 Å². The first-order valence-electron chi connectivity index (χ1n) is 6.70. The monoisotopic (exact) mass is 293 g/mol. The van der Waals surface area contributed by atoms with Gasteiger partial charge >= 0.3 is 0 Å². The highest BCUT2D eigenvalue weighted by atomic mass is 16.5. The average molecular weight is 293 g/mol. The lowest BCUT2D eigenvalue weighted by Gasteiger charge is -2.28. The summed E-state index contributed by atoms with van der Waals surface area (Å²) in [6, 6.07) is 4.38. The lowest BCUT2D eigenvalue weighted by atomic mass is 9.95. The molecule has 1 aliphatic carbocycles. The number of carbonyl (C=O) groups excluding carboxylic acids is 1. The van der Waals surface area contributed by atoms with Gasteiger partial charge in [-0.15, -0.1) is 0 Å². The highest BCUT2D eigenvalue weighted by Gasteiger charge is 2.40. The van der Waals surface area contributed by atoms with Crippen molar-refractivity contribution in [3.8, 4) is 11.5 Å². The van der Waals surface area contributed by atoms with Crippen LogP contribution in [0.1, 0.15) is 36.0 Å². The summed E-state index contributed by atoms with van der Waals surface area (Å²) in [6.07, 6.45) is 3.03. The second-order valence-corrected chi connectivity index (χ2v) is 5.12. The molecule has 1 saturated carbocycles. The Morgan fingerprint density at radius 2 is 2.10 bits per heavy atom. The quantitative estimate of drug-likeness (QED) is 0.288. The van der Waals surface area contributed by atoms with Gasteiger partial charge in [-0.3, -0.25) is 4.79 Å². The summed E-state index contributed by atoms with van der Waals surface area (Å²) in [5.41, 5.74) is 5.20. The van der Waals surface area contributed by atoms with Crippen molar-refractivity contribution in [2.45, 2.75) is 31.2 Å². The number of rotatable bonds is 4. The van der Waals surface area contributed by atoms with Gasteiger partial charge in [-0.05, 0) is 31.0 Å². The zero-order chi connectivity index (χ0) is 15.5. The molecule has 1 fully saturated rings. The van der Waals surface area contributed by atoms with E-state index in [1.54, 1.807) is 6.07 Å². The van der Waals surface area contributed by atoms with Crippen LogP contribution in [-0.4, -0.2) is 34.7 Å². The van der Waals surface area contributed by atoms with Gasteiger partial charge in [0.2, 0.25) is 0 Å². The summed E-state index contributed by atoms with van der Waals surface area (Å²) in [5.74, 6) is -0.208. The number of oxime groups is 1. The van der Waals surface area contributed by atoms with E-state index in [0.29, 0.717) is 18.6 Å². The maximum absolute atomic E-state index is 12.3. The number of nitrogens with zero attached hydrogens (tertiary/aromatic N) is 1. The maximum atomic E-state index is 12.3. The topological polar surface area (TPSA) is 117 Å². The van der Waals surface area contributed by atoms with E-state index in [4.69, 9.17) is 15.7 Å². The van der Waals surface area contributed by atoms with E-state index in [2.05, 4.69) is 10.5 Å². The lowest BCUT2D eigenvalue weighted by Crippen LogP contribution is -2.55. The average Bonchev–Trinajstić information content (AvgIpc) is 2.95. The van der Waals surface area contributed by atoms with Crippen LogP contribution in [0.5, 0.6) is 11.5 Å². The Hall–Kier alpha value is -2.44. The van der Waals surface area contributed by atoms with E-state index >= 15 is 0 Å². The van der Waals surface area contributed by atoms with Gasteiger partial charge in [-0.2, -0.15) is 0 Å². The van der Waals surface area contributed by atoms with Gasteiger partial charge in [0.15, 0.2) is 17.3 Å². The summed E-state index contributed by atoms with van der Waals surface area (Å²) < 4.78 is 4.93. The highest BCUT2D eigenvalue weighted by Crippen LogP contribution is 2.31. The molecule has 114 valence electrons. The van der Waals surface area contributed by atoms with Crippen LogP contribution in [0.2, 0.25) is 0 Å². The molecule has 0 unspecified atom stereocenters. The fourth-order valence-corrected chi connectivity index (χ4v) is 2.64. The number of amidine groups is 1. The van der Waals surface area contributed by atoms with Crippen molar-refractivity contribution in [3.05, 3.63) is 23.8 Å². The summed E-state index contributed by atoms with van der Waals surface area (Å²) in [6.45, 7) is 0. The number of hydrogen-bond donors (Lipinski definition) is 4. The molecule has 1 aromatic rings. The summed E-state index contributed by atoms with van der Waals surface area (Å²) in [7, 11) is 1.43. The van der Waals surface area contributed by atoms with Crippen LogP contribution < -0.4 is 15.8 Å². The zero-order valence-corrected chi connectivity index (χ0v) is 11.8. The van der Waals surface area contributed by atoms with Crippen LogP contribution in [0.15, 0.2) is 23.4 Å². The van der Waals surface area contributed by atoms with Crippen molar-refractivity contribution < 1.29 is 19.8 Å². The molecule has 0 aromatic heterocycles. The number of benzene rings is 1. The lowest BCUT2D eigenvalue weighted by molar-refractivity contribution is 0.0922. The van der Waals surface area contributed by atoms with Crippen LogP contribution in [0.4, 0.5) is 0 Å². The minimum Gasteiger partial charge on any atom is -0.504 e. The molecular weight excluding hydrogens is 274 g/mol. The Labute approximate surface area is 122 Å². The van der Waals surface area contributed by atoms with E-state index in [-0.39, 0.29) is 23.1 Å². The molecule has 1 amide bonds. The van der Waals surface area contributed by atoms with Crippen molar-refractivity contribution in [1.29, 1.82) is 0 Å². The van der Waals surface area contributed by atoms with Gasteiger partial charge < -0.3 is 26.1 Å². The molecule has 21 heavy (non-hydrogen) atoms. The highest BCUT2D eigenvalue weighted by molar-refractivity contribution is 6.00. The standard InChI is InChI=1S/C14H19N3O4/c1-21-11-5-4-9(8-10(11)18)12(19)16-14(13(15)17-20)6-2-3-7-14/h4-5,8,18,20H,2-3,6-7H2,1H3,(H2,15,17)(H,16,19). The van der Waals surface area contributed by atoms with Crippen LogP contribution in [0.25, 0.3) is 0 Å². The first kappa shape index (κ1) is 15.0. The molecule has 0 bridgehead atoms. The second-order valence-electron chi connectivity index (χ2n) is 5.12. The molecule has 0 atom stereocenters. The van der Waals surface area contributed by atoms with Crippen molar-refractivity contribution in [1.82, 2.24) is 5.32 Å². The Balaban J connectivity index is 2.22. The number of nitrogens with two attached hydrogens (primary N) is 1. The summed E-state index contributed by atoms with van der Waals surface area (Å²) in [4.78, 5) is 12.3. The van der Waals surface area contributed by atoms with Crippen molar-refractivity contribution in [3.63, 3.8) is 0 Å². The summed E-state index contributed by atoms with van der Waals surface area (Å²) in [5, 5.41) is 24.5. The number of phenols is 1. The first-order chi connectivity index (χ1) is 10.0. The second kappa shape index (κ2) is 5.90. The number of nitrogens with one attached hydrogen (secondary N) is 1. The number of hydrogen-bond acceptors (Lipinski definition) is 5. The molecule has 0 heterocycles. The first-order valence-corrected chi connectivity index (χ1v) is 6.70. The van der Waals surface area contributed by atoms with E-state index < -0.39 is 5.54 Å². The van der Waals surface area contributed by atoms with Crippen molar-refractivity contribution in [2.24, 2.45) is 10.9 Å². The van der Waals surface area contributed by atoms with Crippen LogP contribution in [0.3, 0.4) is 0 Å². The van der Waals surface area contributed by atoms with Gasteiger partial charge in [0, 0.05) is 5.56 Å². The fourth-order valence-electron chi connectivity index (χ4n) is 2.64. The molecule has 5 N–H and O–H groups in total. The molecule has 0 radical (unpaired) electrons. The smallest absolute Gasteiger partial charge is 0.252 e. The molecular formula is C14H19N3O4. The minimum atomic E-state index is -0.818. The van der Waals surface area contributed by atoms with Crippen LogP contribution in [0, 0.1) is 0 Å². The molecule has 1 aromatic carbocycles. The molecule has 7 heteroatoms. The Morgan fingerprint density at radius 3 is 2.62 bits per heavy atom. The maximum Gasteiger partial charge on any atom is 0.252 e.